The third-order valence-corrected chi connectivity index (χ3v) is 7.65. The Morgan fingerprint density at radius 2 is 1.82 bits per heavy atom. The lowest BCUT2D eigenvalue weighted by Gasteiger charge is -2.25. The third-order valence-electron chi connectivity index (χ3n) is 4.90. The molecule has 0 spiro atoms. The Hall–Kier alpha value is -3.18. The number of rotatable bonds is 10. The molecule has 0 aliphatic carbocycles. The number of carbonyl (C=O) groups is 1. The van der Waals surface area contributed by atoms with Crippen LogP contribution in [0, 0.1) is 5.82 Å². The predicted octanol–water partition coefficient (Wildman–Crippen LogP) is 3.43. The van der Waals surface area contributed by atoms with Gasteiger partial charge in [-0.1, -0.05) is 0 Å². The molecule has 0 saturated carbocycles. The number of benzene rings is 2. The third kappa shape index (κ3) is 5.84. The summed E-state index contributed by atoms with van der Waals surface area (Å²) in [6, 6.07) is 12.9. The molecule has 1 amide bonds. The lowest BCUT2D eigenvalue weighted by molar-refractivity contribution is -0.119. The zero-order valence-corrected chi connectivity index (χ0v) is 19.7. The van der Waals surface area contributed by atoms with Gasteiger partial charge in [-0.25, -0.2) is 12.8 Å². The second kappa shape index (κ2) is 10.8. The first-order valence-electron chi connectivity index (χ1n) is 10.5. The molecule has 1 N–H and O–H groups in total. The van der Waals surface area contributed by atoms with Crippen molar-refractivity contribution in [3.05, 3.63) is 72.4 Å². The SMILES string of the molecule is O=C(CN(c1ccc(F)cc1)S(=O)(=O)c1ccc2c(c1)OCCO2)NCCSCc1ccco1. The van der Waals surface area contributed by atoms with E-state index in [1.54, 1.807) is 18.0 Å². The van der Waals surface area contributed by atoms with Crippen LogP contribution in [0.5, 0.6) is 11.5 Å². The summed E-state index contributed by atoms with van der Waals surface area (Å²) in [5.74, 6) is 1.89. The van der Waals surface area contributed by atoms with Crippen LogP contribution in [0.1, 0.15) is 5.76 Å². The number of nitrogens with one attached hydrogen (secondary N) is 1. The summed E-state index contributed by atoms with van der Waals surface area (Å²) < 4.78 is 57.6. The van der Waals surface area contributed by atoms with E-state index >= 15 is 0 Å². The molecule has 0 saturated heterocycles. The van der Waals surface area contributed by atoms with E-state index < -0.39 is 28.3 Å². The molecular weight excluding hydrogens is 483 g/mol. The van der Waals surface area contributed by atoms with Crippen LogP contribution in [0.25, 0.3) is 0 Å². The fourth-order valence-electron chi connectivity index (χ4n) is 3.25. The largest absolute Gasteiger partial charge is 0.486 e. The van der Waals surface area contributed by atoms with Crippen molar-refractivity contribution in [3.63, 3.8) is 0 Å². The van der Waals surface area contributed by atoms with Crippen LogP contribution in [0.3, 0.4) is 0 Å². The molecule has 2 heterocycles. The summed E-state index contributed by atoms with van der Waals surface area (Å²) >= 11 is 1.58. The highest BCUT2D eigenvalue weighted by Crippen LogP contribution is 2.34. The molecule has 0 radical (unpaired) electrons. The molecule has 0 atom stereocenters. The van der Waals surface area contributed by atoms with Crippen molar-refractivity contribution in [2.75, 3.05) is 36.4 Å². The number of thioether (sulfide) groups is 1. The number of nitrogens with zero attached hydrogens (tertiary/aromatic N) is 1. The molecule has 1 aliphatic heterocycles. The maximum atomic E-state index is 13.5. The maximum absolute atomic E-state index is 13.5. The Morgan fingerprint density at radius 3 is 2.56 bits per heavy atom. The fraction of sp³-hybridized carbons (Fsp3) is 0.261. The molecule has 0 unspecified atom stereocenters. The van der Waals surface area contributed by atoms with Gasteiger partial charge < -0.3 is 19.2 Å². The lowest BCUT2D eigenvalue weighted by Crippen LogP contribution is -2.41. The van der Waals surface area contributed by atoms with Gasteiger partial charge in [-0.05, 0) is 48.5 Å². The van der Waals surface area contributed by atoms with Crippen molar-refractivity contribution in [3.8, 4) is 11.5 Å². The van der Waals surface area contributed by atoms with Crippen LogP contribution in [-0.2, 0) is 20.6 Å². The predicted molar refractivity (Wildman–Crippen MR) is 126 cm³/mol. The van der Waals surface area contributed by atoms with Gasteiger partial charge in [0.1, 0.15) is 31.3 Å². The molecule has 11 heteroatoms. The summed E-state index contributed by atoms with van der Waals surface area (Å²) in [4.78, 5) is 12.6. The zero-order valence-electron chi connectivity index (χ0n) is 18.1. The number of furan rings is 1. The summed E-state index contributed by atoms with van der Waals surface area (Å²) in [6.07, 6.45) is 1.60. The Kier molecular flexibility index (Phi) is 7.63. The summed E-state index contributed by atoms with van der Waals surface area (Å²) in [5.41, 5.74) is 0.165. The number of sulfonamides is 1. The summed E-state index contributed by atoms with van der Waals surface area (Å²) in [5, 5.41) is 2.73. The van der Waals surface area contributed by atoms with E-state index in [0.29, 0.717) is 42.8 Å². The van der Waals surface area contributed by atoms with Gasteiger partial charge in [0, 0.05) is 18.4 Å². The second-order valence-electron chi connectivity index (χ2n) is 7.28. The van der Waals surface area contributed by atoms with Gasteiger partial charge in [-0.3, -0.25) is 9.10 Å². The van der Waals surface area contributed by atoms with Crippen LogP contribution in [0.15, 0.2) is 70.2 Å². The maximum Gasteiger partial charge on any atom is 0.264 e. The van der Waals surface area contributed by atoms with Crippen molar-refractivity contribution in [1.82, 2.24) is 5.32 Å². The van der Waals surface area contributed by atoms with Gasteiger partial charge in [-0.2, -0.15) is 11.8 Å². The second-order valence-corrected chi connectivity index (χ2v) is 10.2. The van der Waals surface area contributed by atoms with Crippen molar-refractivity contribution in [2.45, 2.75) is 10.6 Å². The Balaban J connectivity index is 1.46. The number of fused-ring (bicyclic) bond motifs is 1. The van der Waals surface area contributed by atoms with Crippen molar-refractivity contribution in [2.24, 2.45) is 0 Å². The van der Waals surface area contributed by atoms with Gasteiger partial charge in [0.2, 0.25) is 5.91 Å². The topological polar surface area (TPSA) is 98.1 Å². The first-order valence-corrected chi connectivity index (χ1v) is 13.1. The minimum Gasteiger partial charge on any atom is -0.486 e. The highest BCUT2D eigenvalue weighted by Gasteiger charge is 2.29. The van der Waals surface area contributed by atoms with Crippen molar-refractivity contribution in [1.29, 1.82) is 0 Å². The number of hydrogen-bond donors (Lipinski definition) is 1. The van der Waals surface area contributed by atoms with E-state index in [-0.39, 0.29) is 10.6 Å². The normalized spacial score (nSPS) is 12.9. The van der Waals surface area contributed by atoms with Gasteiger partial charge in [0.25, 0.3) is 10.0 Å². The monoisotopic (exact) mass is 506 g/mol. The van der Waals surface area contributed by atoms with Crippen molar-refractivity contribution >= 4 is 33.4 Å². The molecular formula is C23H23FN2O6S2. The Labute approximate surface area is 201 Å². The number of ether oxygens (including phenoxy) is 2. The van der Waals surface area contributed by atoms with E-state index in [9.17, 15) is 17.6 Å². The van der Waals surface area contributed by atoms with E-state index in [0.717, 1.165) is 22.2 Å². The van der Waals surface area contributed by atoms with Crippen molar-refractivity contribution < 1.29 is 31.5 Å². The van der Waals surface area contributed by atoms with Crippen LogP contribution in [0.4, 0.5) is 10.1 Å². The molecule has 0 bridgehead atoms. The van der Waals surface area contributed by atoms with E-state index in [2.05, 4.69) is 5.32 Å². The average molecular weight is 507 g/mol. The zero-order chi connectivity index (χ0) is 24.0. The number of amides is 1. The van der Waals surface area contributed by atoms with E-state index in [1.807, 2.05) is 12.1 Å². The summed E-state index contributed by atoms with van der Waals surface area (Å²) in [6.45, 7) is 0.566. The number of carbonyl (C=O) groups excluding carboxylic acids is 1. The number of anilines is 1. The fourth-order valence-corrected chi connectivity index (χ4v) is 5.44. The molecule has 0 fully saturated rings. The van der Waals surface area contributed by atoms with Gasteiger partial charge in [0.15, 0.2) is 11.5 Å². The molecule has 34 heavy (non-hydrogen) atoms. The highest BCUT2D eigenvalue weighted by molar-refractivity contribution is 7.98. The Morgan fingerprint density at radius 1 is 1.06 bits per heavy atom. The molecule has 1 aliphatic rings. The molecule has 1 aromatic heterocycles. The molecule has 8 nitrogen and oxygen atoms in total. The quantitative estimate of drug-likeness (QED) is 0.421. The first-order chi connectivity index (χ1) is 16.4. The number of halogens is 1. The smallest absolute Gasteiger partial charge is 0.264 e. The molecule has 3 aromatic rings. The molecule has 2 aromatic carbocycles. The van der Waals surface area contributed by atoms with Crippen LogP contribution in [0.2, 0.25) is 0 Å². The lowest BCUT2D eigenvalue weighted by atomic mass is 10.3. The van der Waals surface area contributed by atoms with Crippen LogP contribution >= 0.6 is 11.8 Å². The van der Waals surface area contributed by atoms with Crippen LogP contribution < -0.4 is 19.1 Å². The van der Waals surface area contributed by atoms with E-state index in [4.69, 9.17) is 13.9 Å². The van der Waals surface area contributed by atoms with Crippen LogP contribution in [-0.4, -0.2) is 46.4 Å². The minimum absolute atomic E-state index is 0.0668. The van der Waals surface area contributed by atoms with Gasteiger partial charge in [-0.15, -0.1) is 0 Å². The average Bonchev–Trinajstić information content (AvgIpc) is 3.36. The molecule has 4 rings (SSSR count). The number of hydrogen-bond acceptors (Lipinski definition) is 7. The highest BCUT2D eigenvalue weighted by atomic mass is 32.2. The summed E-state index contributed by atoms with van der Waals surface area (Å²) in [7, 11) is -4.16. The first kappa shape index (κ1) is 24.0. The van der Waals surface area contributed by atoms with Gasteiger partial charge in [0.05, 0.1) is 22.6 Å². The van der Waals surface area contributed by atoms with E-state index in [1.165, 1.54) is 30.3 Å². The molecule has 180 valence electrons. The minimum atomic E-state index is -4.16. The standard InChI is InChI=1S/C23H23FN2O6S2/c24-17-3-5-18(6-4-17)26(15-23(27)25-9-13-33-16-19-2-1-10-30-19)34(28,29)20-7-8-21-22(14-20)32-12-11-31-21/h1-8,10,14H,9,11-13,15-16H2,(H,25,27). The van der Waals surface area contributed by atoms with Gasteiger partial charge >= 0.3 is 0 Å². The Bertz CT molecular complexity index is 1220.